The molecule has 120 valence electrons. The van der Waals surface area contributed by atoms with Crippen LogP contribution in [0.4, 0.5) is 5.69 Å². The Kier molecular flexibility index (Phi) is 4.57. The molecule has 1 amide bonds. The van der Waals surface area contributed by atoms with Crippen molar-refractivity contribution >= 4 is 11.6 Å². The molecule has 0 aliphatic carbocycles. The maximum atomic E-state index is 12.5. The highest BCUT2D eigenvalue weighted by Gasteiger charge is 2.25. The van der Waals surface area contributed by atoms with E-state index in [1.807, 2.05) is 18.2 Å². The Morgan fingerprint density at radius 3 is 2.78 bits per heavy atom. The van der Waals surface area contributed by atoms with E-state index in [0.29, 0.717) is 19.0 Å². The van der Waals surface area contributed by atoms with Crippen molar-refractivity contribution in [2.45, 2.75) is 13.5 Å². The van der Waals surface area contributed by atoms with Gasteiger partial charge >= 0.3 is 0 Å². The van der Waals surface area contributed by atoms with Gasteiger partial charge in [0.25, 0.3) is 0 Å². The maximum absolute atomic E-state index is 12.5. The second kappa shape index (κ2) is 6.79. The molecule has 1 aromatic heterocycles. The van der Waals surface area contributed by atoms with Crippen molar-refractivity contribution < 1.29 is 9.53 Å². The fourth-order valence-electron chi connectivity index (χ4n) is 2.84. The number of rotatable bonds is 4. The van der Waals surface area contributed by atoms with Crippen LogP contribution in [0.1, 0.15) is 11.1 Å². The number of nitrogens with zero attached hydrogens (tertiary/aromatic N) is 3. The Labute approximate surface area is 136 Å². The van der Waals surface area contributed by atoms with Crippen LogP contribution in [0.5, 0.6) is 5.88 Å². The van der Waals surface area contributed by atoms with E-state index in [2.05, 4.69) is 28.9 Å². The number of benzene rings is 1. The highest BCUT2D eigenvalue weighted by atomic mass is 16.5. The lowest BCUT2D eigenvalue weighted by atomic mass is 10.1. The van der Waals surface area contributed by atoms with E-state index in [1.54, 1.807) is 24.3 Å². The first-order chi connectivity index (χ1) is 11.2. The van der Waals surface area contributed by atoms with Crippen LogP contribution in [0.2, 0.25) is 0 Å². The lowest BCUT2D eigenvalue weighted by Gasteiger charge is -2.34. The standard InChI is InChI=1S/C18H21N3O2/c1-14-5-3-4-6-15(14)12-20-9-10-21(18(22)13-20)16-7-8-19-17(11-16)23-2/h3-8,11H,9-10,12-13H2,1-2H3. The normalized spacial score (nSPS) is 15.7. The van der Waals surface area contributed by atoms with Gasteiger partial charge in [0.1, 0.15) is 0 Å². The fourth-order valence-corrected chi connectivity index (χ4v) is 2.84. The second-order valence-electron chi connectivity index (χ2n) is 5.74. The molecule has 0 radical (unpaired) electrons. The molecule has 3 rings (SSSR count). The maximum Gasteiger partial charge on any atom is 0.241 e. The SMILES string of the molecule is COc1cc(N2CCN(Cc3ccccc3C)CC2=O)ccn1. The van der Waals surface area contributed by atoms with Gasteiger partial charge in [0.15, 0.2) is 0 Å². The number of pyridine rings is 1. The molecule has 0 saturated carbocycles. The van der Waals surface area contributed by atoms with Gasteiger partial charge in [-0.25, -0.2) is 4.98 Å². The highest BCUT2D eigenvalue weighted by Crippen LogP contribution is 2.21. The first-order valence-electron chi connectivity index (χ1n) is 7.74. The molecule has 0 unspecified atom stereocenters. The van der Waals surface area contributed by atoms with Crippen molar-refractivity contribution in [2.75, 3.05) is 31.6 Å². The molecule has 1 aliphatic heterocycles. The Bertz CT molecular complexity index is 702. The number of hydrogen-bond donors (Lipinski definition) is 0. The van der Waals surface area contributed by atoms with E-state index in [1.165, 1.54) is 11.1 Å². The van der Waals surface area contributed by atoms with E-state index in [9.17, 15) is 4.79 Å². The quantitative estimate of drug-likeness (QED) is 0.869. The summed E-state index contributed by atoms with van der Waals surface area (Å²) in [7, 11) is 1.58. The van der Waals surface area contributed by atoms with Crippen molar-refractivity contribution in [3.8, 4) is 5.88 Å². The summed E-state index contributed by atoms with van der Waals surface area (Å²) < 4.78 is 5.13. The molecule has 2 heterocycles. The minimum Gasteiger partial charge on any atom is -0.481 e. The molecular formula is C18H21N3O2. The molecule has 5 heteroatoms. The van der Waals surface area contributed by atoms with Crippen LogP contribution >= 0.6 is 0 Å². The summed E-state index contributed by atoms with van der Waals surface area (Å²) in [5.74, 6) is 0.635. The number of aromatic nitrogens is 1. The molecule has 1 fully saturated rings. The first kappa shape index (κ1) is 15.5. The molecule has 0 bridgehead atoms. The number of methoxy groups -OCH3 is 1. The predicted molar refractivity (Wildman–Crippen MR) is 89.6 cm³/mol. The van der Waals surface area contributed by atoms with E-state index in [0.717, 1.165) is 18.8 Å². The smallest absolute Gasteiger partial charge is 0.241 e. The third kappa shape index (κ3) is 3.51. The van der Waals surface area contributed by atoms with Gasteiger partial charge in [0, 0.05) is 31.9 Å². The molecule has 0 atom stereocenters. The number of amides is 1. The van der Waals surface area contributed by atoms with Crippen molar-refractivity contribution in [1.29, 1.82) is 0 Å². The van der Waals surface area contributed by atoms with Crippen molar-refractivity contribution in [2.24, 2.45) is 0 Å². The minimum absolute atomic E-state index is 0.109. The molecule has 0 N–H and O–H groups in total. The molecular weight excluding hydrogens is 290 g/mol. The summed E-state index contributed by atoms with van der Waals surface area (Å²) in [6, 6.07) is 12.0. The molecule has 1 aromatic carbocycles. The summed E-state index contributed by atoms with van der Waals surface area (Å²) >= 11 is 0. The Hall–Kier alpha value is -2.40. The average Bonchev–Trinajstić information content (AvgIpc) is 2.57. The van der Waals surface area contributed by atoms with Crippen molar-refractivity contribution in [3.05, 3.63) is 53.7 Å². The highest BCUT2D eigenvalue weighted by molar-refractivity contribution is 5.95. The van der Waals surface area contributed by atoms with Crippen LogP contribution in [-0.4, -0.2) is 42.5 Å². The van der Waals surface area contributed by atoms with Crippen LogP contribution in [0, 0.1) is 6.92 Å². The lowest BCUT2D eigenvalue weighted by molar-refractivity contribution is -0.121. The zero-order valence-electron chi connectivity index (χ0n) is 13.5. The summed E-state index contributed by atoms with van der Waals surface area (Å²) in [6.45, 7) is 4.88. The average molecular weight is 311 g/mol. The third-order valence-electron chi connectivity index (χ3n) is 4.19. The van der Waals surface area contributed by atoms with Crippen LogP contribution in [0.15, 0.2) is 42.6 Å². The first-order valence-corrected chi connectivity index (χ1v) is 7.74. The zero-order valence-corrected chi connectivity index (χ0v) is 13.5. The summed E-state index contributed by atoms with van der Waals surface area (Å²) in [4.78, 5) is 20.6. The van der Waals surface area contributed by atoms with Gasteiger partial charge in [-0.15, -0.1) is 0 Å². The Morgan fingerprint density at radius 2 is 2.04 bits per heavy atom. The van der Waals surface area contributed by atoms with Crippen molar-refractivity contribution in [3.63, 3.8) is 0 Å². The number of ether oxygens (including phenoxy) is 1. The van der Waals surface area contributed by atoms with Gasteiger partial charge in [-0.2, -0.15) is 0 Å². The lowest BCUT2D eigenvalue weighted by Crippen LogP contribution is -2.50. The molecule has 23 heavy (non-hydrogen) atoms. The van der Waals surface area contributed by atoms with Gasteiger partial charge < -0.3 is 9.64 Å². The van der Waals surface area contributed by atoms with Crippen molar-refractivity contribution in [1.82, 2.24) is 9.88 Å². The van der Waals surface area contributed by atoms with E-state index >= 15 is 0 Å². The number of hydrogen-bond acceptors (Lipinski definition) is 4. The Morgan fingerprint density at radius 1 is 1.22 bits per heavy atom. The fraction of sp³-hybridized carbons (Fsp3) is 0.333. The van der Waals surface area contributed by atoms with Gasteiger partial charge in [-0.05, 0) is 24.1 Å². The number of piperazine rings is 1. The molecule has 5 nitrogen and oxygen atoms in total. The van der Waals surface area contributed by atoms with E-state index < -0.39 is 0 Å². The number of anilines is 1. The number of carbonyl (C=O) groups is 1. The van der Waals surface area contributed by atoms with Crippen LogP contribution < -0.4 is 9.64 Å². The predicted octanol–water partition coefficient (Wildman–Crippen LogP) is 2.25. The summed E-state index contributed by atoms with van der Waals surface area (Å²) in [5, 5.41) is 0. The van der Waals surface area contributed by atoms with E-state index in [4.69, 9.17) is 4.74 Å². The number of aryl methyl sites for hydroxylation is 1. The third-order valence-corrected chi connectivity index (χ3v) is 4.19. The largest absolute Gasteiger partial charge is 0.481 e. The monoisotopic (exact) mass is 311 g/mol. The zero-order chi connectivity index (χ0) is 16.2. The molecule has 1 aliphatic rings. The van der Waals surface area contributed by atoms with Gasteiger partial charge in [0.05, 0.1) is 19.3 Å². The van der Waals surface area contributed by atoms with Gasteiger partial charge in [-0.3, -0.25) is 9.69 Å². The second-order valence-corrected chi connectivity index (χ2v) is 5.74. The minimum atomic E-state index is 0.109. The van der Waals surface area contributed by atoms with Crippen LogP contribution in [-0.2, 0) is 11.3 Å². The summed E-state index contributed by atoms with van der Waals surface area (Å²) in [6.07, 6.45) is 1.67. The molecule has 0 spiro atoms. The number of carbonyl (C=O) groups excluding carboxylic acids is 1. The van der Waals surface area contributed by atoms with Gasteiger partial charge in [-0.1, -0.05) is 24.3 Å². The summed E-state index contributed by atoms with van der Waals surface area (Å²) in [5.41, 5.74) is 3.39. The molecule has 2 aromatic rings. The van der Waals surface area contributed by atoms with Crippen LogP contribution in [0.25, 0.3) is 0 Å². The topological polar surface area (TPSA) is 45.7 Å². The van der Waals surface area contributed by atoms with Gasteiger partial charge in [0.2, 0.25) is 11.8 Å². The Balaban J connectivity index is 1.67. The van der Waals surface area contributed by atoms with E-state index in [-0.39, 0.29) is 5.91 Å². The van der Waals surface area contributed by atoms with Crippen LogP contribution in [0.3, 0.4) is 0 Å². The molecule has 1 saturated heterocycles.